The highest BCUT2D eigenvalue weighted by molar-refractivity contribution is 5.95. The monoisotopic (exact) mass is 357 g/mol. The van der Waals surface area contributed by atoms with Gasteiger partial charge >= 0.3 is 5.97 Å². The van der Waals surface area contributed by atoms with Crippen LogP contribution in [0.3, 0.4) is 0 Å². The second-order valence-corrected chi connectivity index (χ2v) is 7.31. The van der Waals surface area contributed by atoms with Crippen molar-refractivity contribution in [2.45, 2.75) is 44.2 Å². The number of nitrogens with one attached hydrogen (secondary N) is 1. The number of amides is 1. The minimum atomic E-state index is -0.748. The first-order chi connectivity index (χ1) is 12.6. The van der Waals surface area contributed by atoms with Gasteiger partial charge in [-0.1, -0.05) is 0 Å². The van der Waals surface area contributed by atoms with Gasteiger partial charge in [-0.3, -0.25) is 14.5 Å². The number of carboxylic acid groups (broad SMARTS) is 1. The van der Waals surface area contributed by atoms with E-state index in [4.69, 9.17) is 5.11 Å². The molecule has 138 valence electrons. The largest absolute Gasteiger partial charge is 0.481 e. The summed E-state index contributed by atoms with van der Waals surface area (Å²) in [7, 11) is 0. The van der Waals surface area contributed by atoms with E-state index >= 15 is 0 Å². The van der Waals surface area contributed by atoms with Crippen LogP contribution in [0.5, 0.6) is 0 Å². The standard InChI is InChI=1S/C18H23N5O3/c24-17(25)8-14-3-4-15(22(14)10-12-1-2-12)9-19-18(26)13-5-6-23-16(7-13)20-11-21-23/h5-7,11-12,14-15H,1-4,8-10H2,(H,19,26)(H,24,25)/t14-,15+/m1/s1. The van der Waals surface area contributed by atoms with Crippen LogP contribution in [0, 0.1) is 5.92 Å². The van der Waals surface area contributed by atoms with E-state index in [1.54, 1.807) is 22.8 Å². The van der Waals surface area contributed by atoms with Crippen LogP contribution in [0.2, 0.25) is 0 Å². The summed E-state index contributed by atoms with van der Waals surface area (Å²) in [6.45, 7) is 1.49. The van der Waals surface area contributed by atoms with Gasteiger partial charge in [-0.2, -0.15) is 5.10 Å². The lowest BCUT2D eigenvalue weighted by molar-refractivity contribution is -0.138. The molecular weight excluding hydrogens is 334 g/mol. The zero-order chi connectivity index (χ0) is 18.1. The van der Waals surface area contributed by atoms with E-state index in [0.717, 1.165) is 19.4 Å². The third-order valence-electron chi connectivity index (χ3n) is 5.39. The van der Waals surface area contributed by atoms with Crippen LogP contribution in [-0.2, 0) is 4.79 Å². The lowest BCUT2D eigenvalue weighted by Crippen LogP contribution is -2.44. The zero-order valence-electron chi connectivity index (χ0n) is 14.5. The molecule has 0 radical (unpaired) electrons. The Hall–Kier alpha value is -2.48. The highest BCUT2D eigenvalue weighted by Gasteiger charge is 2.38. The van der Waals surface area contributed by atoms with Gasteiger partial charge in [-0.15, -0.1) is 0 Å². The van der Waals surface area contributed by atoms with E-state index in [-0.39, 0.29) is 24.4 Å². The number of hydrogen-bond acceptors (Lipinski definition) is 5. The predicted octanol–water partition coefficient (Wildman–Crippen LogP) is 1.18. The van der Waals surface area contributed by atoms with Crippen molar-refractivity contribution in [1.82, 2.24) is 24.8 Å². The molecule has 2 aromatic heterocycles. The number of carbonyl (C=O) groups excluding carboxylic acids is 1. The lowest BCUT2D eigenvalue weighted by Gasteiger charge is -2.29. The molecule has 1 amide bonds. The quantitative estimate of drug-likeness (QED) is 0.772. The molecule has 2 N–H and O–H groups in total. The topological polar surface area (TPSA) is 99.8 Å². The van der Waals surface area contributed by atoms with Gasteiger partial charge < -0.3 is 10.4 Å². The molecule has 2 atom stereocenters. The van der Waals surface area contributed by atoms with Gasteiger partial charge in [0.05, 0.1) is 6.42 Å². The summed E-state index contributed by atoms with van der Waals surface area (Å²) in [6.07, 6.45) is 7.62. The number of hydrogen-bond donors (Lipinski definition) is 2. The van der Waals surface area contributed by atoms with Crippen molar-refractivity contribution in [3.63, 3.8) is 0 Å². The molecule has 1 aliphatic carbocycles. The van der Waals surface area contributed by atoms with E-state index in [0.29, 0.717) is 23.7 Å². The second-order valence-electron chi connectivity index (χ2n) is 7.31. The lowest BCUT2D eigenvalue weighted by atomic mass is 10.1. The molecule has 1 saturated heterocycles. The Balaban J connectivity index is 1.38. The number of carboxylic acids is 1. The van der Waals surface area contributed by atoms with Crippen LogP contribution < -0.4 is 5.32 Å². The van der Waals surface area contributed by atoms with Crippen LogP contribution in [0.15, 0.2) is 24.7 Å². The molecule has 8 nitrogen and oxygen atoms in total. The minimum Gasteiger partial charge on any atom is -0.481 e. The molecule has 0 unspecified atom stereocenters. The van der Waals surface area contributed by atoms with Crippen molar-refractivity contribution in [3.8, 4) is 0 Å². The summed E-state index contributed by atoms with van der Waals surface area (Å²) in [5.74, 6) is -0.191. The predicted molar refractivity (Wildman–Crippen MR) is 93.8 cm³/mol. The third-order valence-corrected chi connectivity index (χ3v) is 5.39. The number of likely N-dealkylation sites (tertiary alicyclic amines) is 1. The van der Waals surface area contributed by atoms with Gasteiger partial charge in [0.2, 0.25) is 0 Å². The molecule has 2 aromatic rings. The molecule has 26 heavy (non-hydrogen) atoms. The summed E-state index contributed by atoms with van der Waals surface area (Å²) in [4.78, 5) is 30.0. The summed E-state index contributed by atoms with van der Waals surface area (Å²) in [5, 5.41) is 16.2. The van der Waals surface area contributed by atoms with E-state index in [9.17, 15) is 9.59 Å². The Bertz CT molecular complexity index is 816. The van der Waals surface area contributed by atoms with Crippen LogP contribution in [0.4, 0.5) is 0 Å². The molecule has 2 fully saturated rings. The van der Waals surface area contributed by atoms with Crippen LogP contribution in [0.1, 0.15) is 42.5 Å². The van der Waals surface area contributed by atoms with Crippen molar-refractivity contribution in [3.05, 3.63) is 30.2 Å². The maximum absolute atomic E-state index is 12.5. The van der Waals surface area contributed by atoms with Crippen LogP contribution in [-0.4, -0.2) is 61.7 Å². The SMILES string of the molecule is O=C(O)C[C@H]1CC[C@@H](CNC(=O)c2ccn3ncnc3c2)N1CC1CC1. The maximum atomic E-state index is 12.5. The smallest absolute Gasteiger partial charge is 0.304 e. The molecule has 3 heterocycles. The van der Waals surface area contributed by atoms with Gasteiger partial charge in [-0.25, -0.2) is 9.50 Å². The maximum Gasteiger partial charge on any atom is 0.304 e. The Morgan fingerprint density at radius 3 is 2.81 bits per heavy atom. The molecule has 0 spiro atoms. The molecule has 4 rings (SSSR count). The molecule has 1 aliphatic heterocycles. The van der Waals surface area contributed by atoms with Crippen molar-refractivity contribution < 1.29 is 14.7 Å². The number of fused-ring (bicyclic) bond motifs is 1. The van der Waals surface area contributed by atoms with E-state index < -0.39 is 5.97 Å². The molecule has 0 aromatic carbocycles. The van der Waals surface area contributed by atoms with Gasteiger partial charge in [0.1, 0.15) is 6.33 Å². The highest BCUT2D eigenvalue weighted by Crippen LogP contribution is 2.35. The van der Waals surface area contributed by atoms with Gasteiger partial charge in [-0.05, 0) is 43.7 Å². The van der Waals surface area contributed by atoms with E-state index in [1.165, 1.54) is 19.2 Å². The number of pyridine rings is 1. The Labute approximate surface area is 151 Å². The number of rotatable bonds is 7. The van der Waals surface area contributed by atoms with Gasteiger partial charge in [0.25, 0.3) is 5.91 Å². The van der Waals surface area contributed by atoms with Crippen molar-refractivity contribution in [2.24, 2.45) is 5.92 Å². The molecule has 0 bridgehead atoms. The summed E-state index contributed by atoms with van der Waals surface area (Å²) in [6, 6.07) is 3.73. The van der Waals surface area contributed by atoms with E-state index in [2.05, 4.69) is 20.3 Å². The zero-order valence-corrected chi connectivity index (χ0v) is 14.5. The molecule has 8 heteroatoms. The first-order valence-corrected chi connectivity index (χ1v) is 9.15. The number of carbonyl (C=O) groups is 2. The molecular formula is C18H23N5O3. The third kappa shape index (κ3) is 3.70. The molecule has 2 aliphatic rings. The van der Waals surface area contributed by atoms with Crippen LogP contribution in [0.25, 0.3) is 5.65 Å². The Kier molecular flexibility index (Phi) is 4.58. The van der Waals surface area contributed by atoms with Crippen molar-refractivity contribution >= 4 is 17.5 Å². The average Bonchev–Trinajstić information content (AvgIpc) is 3.18. The normalized spacial score (nSPS) is 23.4. The number of nitrogens with zero attached hydrogens (tertiary/aromatic N) is 4. The van der Waals surface area contributed by atoms with Crippen molar-refractivity contribution in [2.75, 3.05) is 13.1 Å². The van der Waals surface area contributed by atoms with Crippen molar-refractivity contribution in [1.29, 1.82) is 0 Å². The fraction of sp³-hybridized carbons (Fsp3) is 0.556. The van der Waals surface area contributed by atoms with Crippen LogP contribution >= 0.6 is 0 Å². The summed E-state index contributed by atoms with van der Waals surface area (Å²) in [5.41, 5.74) is 1.19. The van der Waals surface area contributed by atoms with Gasteiger partial charge in [0, 0.05) is 36.9 Å². The number of aromatic nitrogens is 3. The summed E-state index contributed by atoms with van der Waals surface area (Å²) >= 11 is 0. The summed E-state index contributed by atoms with van der Waals surface area (Å²) < 4.78 is 1.61. The van der Waals surface area contributed by atoms with E-state index in [1.807, 2.05) is 0 Å². The Morgan fingerprint density at radius 2 is 2.04 bits per heavy atom. The molecule has 1 saturated carbocycles. The first kappa shape index (κ1) is 17.0. The fourth-order valence-corrected chi connectivity index (χ4v) is 3.82. The second kappa shape index (κ2) is 7.03. The fourth-order valence-electron chi connectivity index (χ4n) is 3.82. The number of aliphatic carboxylic acids is 1. The highest BCUT2D eigenvalue weighted by atomic mass is 16.4. The average molecular weight is 357 g/mol. The minimum absolute atomic E-state index is 0.0855. The first-order valence-electron chi connectivity index (χ1n) is 9.15. The van der Waals surface area contributed by atoms with Gasteiger partial charge in [0.15, 0.2) is 5.65 Å². The Morgan fingerprint density at radius 1 is 1.23 bits per heavy atom.